The molecule has 0 radical (unpaired) electrons. The number of ether oxygens (including phenoxy) is 1. The number of carbonyl (C=O) groups is 1. The van der Waals surface area contributed by atoms with E-state index in [1.165, 1.54) is 37.7 Å². The third kappa shape index (κ3) is 2.81. The van der Waals surface area contributed by atoms with Crippen molar-refractivity contribution in [3.8, 4) is 5.88 Å². The highest BCUT2D eigenvalue weighted by atomic mass is 35.5. The lowest BCUT2D eigenvalue weighted by Crippen LogP contribution is -2.06. The van der Waals surface area contributed by atoms with Gasteiger partial charge in [-0.2, -0.15) is 0 Å². The molecule has 0 atom stereocenters. The molecule has 0 saturated heterocycles. The van der Waals surface area contributed by atoms with Gasteiger partial charge in [-0.15, -0.1) is 0 Å². The van der Waals surface area contributed by atoms with E-state index in [1.807, 2.05) is 0 Å². The molecule has 2 aromatic heterocycles. The maximum atomic E-state index is 12.6. The van der Waals surface area contributed by atoms with Gasteiger partial charge in [-0.3, -0.25) is 4.79 Å². The molecule has 0 spiro atoms. The maximum absolute atomic E-state index is 12.6. The zero-order valence-corrected chi connectivity index (χ0v) is 12.1. The van der Waals surface area contributed by atoms with E-state index in [0.29, 0.717) is 22.0 Å². The van der Waals surface area contributed by atoms with Gasteiger partial charge in [0.2, 0.25) is 5.88 Å². The van der Waals surface area contributed by atoms with Crippen LogP contribution in [0.25, 0.3) is 6.08 Å². The molecule has 0 aliphatic heterocycles. The van der Waals surface area contributed by atoms with Crippen molar-refractivity contribution >= 4 is 35.1 Å². The van der Waals surface area contributed by atoms with Crippen molar-refractivity contribution in [2.24, 2.45) is 0 Å². The summed E-state index contributed by atoms with van der Waals surface area (Å²) in [4.78, 5) is 20.4. The van der Waals surface area contributed by atoms with E-state index in [0.717, 1.165) is 0 Å². The number of nitrogens with zero attached hydrogens (tertiary/aromatic N) is 2. The highest BCUT2D eigenvalue weighted by Gasteiger charge is 2.18. The van der Waals surface area contributed by atoms with Gasteiger partial charge in [-0.05, 0) is 6.07 Å². The fourth-order valence-electron chi connectivity index (χ4n) is 1.64. The average Bonchev–Trinajstić information content (AvgIpc) is 2.48. The van der Waals surface area contributed by atoms with Crippen molar-refractivity contribution in [2.45, 2.75) is 0 Å². The average molecular weight is 309 g/mol. The van der Waals surface area contributed by atoms with Gasteiger partial charge in [0.15, 0.2) is 5.78 Å². The molecule has 0 unspecified atom stereocenters. The Morgan fingerprint density at radius 1 is 1.25 bits per heavy atom. The van der Waals surface area contributed by atoms with Crippen LogP contribution in [0.2, 0.25) is 10.2 Å². The lowest BCUT2D eigenvalue weighted by atomic mass is 10.0. The molecule has 4 nitrogen and oxygen atoms in total. The molecule has 0 aliphatic carbocycles. The number of carbonyl (C=O) groups excluding carboxylic acids is 1. The lowest BCUT2D eigenvalue weighted by Gasteiger charge is -2.08. The fraction of sp³-hybridized carbons (Fsp3) is 0.0714. The molecular formula is C14H10Cl2N2O2. The van der Waals surface area contributed by atoms with E-state index >= 15 is 0 Å². The fourth-order valence-corrected chi connectivity index (χ4v) is 1.99. The molecule has 6 heteroatoms. The smallest absolute Gasteiger partial charge is 0.213 e. The highest BCUT2D eigenvalue weighted by molar-refractivity contribution is 6.35. The number of pyridine rings is 2. The van der Waals surface area contributed by atoms with E-state index in [-0.39, 0.29) is 16.5 Å². The minimum atomic E-state index is -0.319. The number of halogens is 2. The maximum Gasteiger partial charge on any atom is 0.213 e. The number of methoxy groups -OCH3 is 1. The first kappa shape index (κ1) is 14.5. The third-order valence-electron chi connectivity index (χ3n) is 2.63. The van der Waals surface area contributed by atoms with Crippen molar-refractivity contribution in [3.05, 3.63) is 58.0 Å². The van der Waals surface area contributed by atoms with Gasteiger partial charge >= 0.3 is 0 Å². The Bertz CT molecular complexity index is 687. The van der Waals surface area contributed by atoms with Gasteiger partial charge in [0.25, 0.3) is 0 Å². The number of rotatable bonds is 4. The molecule has 0 aliphatic rings. The van der Waals surface area contributed by atoms with Crippen LogP contribution in [0.15, 0.2) is 31.1 Å². The molecule has 0 bridgehead atoms. The third-order valence-corrected chi connectivity index (χ3v) is 3.14. The Labute approximate surface area is 126 Å². The molecule has 102 valence electrons. The Hall–Kier alpha value is -1.91. The minimum Gasteiger partial charge on any atom is -0.481 e. The van der Waals surface area contributed by atoms with Crippen molar-refractivity contribution in [1.82, 2.24) is 9.97 Å². The van der Waals surface area contributed by atoms with Gasteiger partial charge in [0.1, 0.15) is 5.15 Å². The predicted molar refractivity (Wildman–Crippen MR) is 78.6 cm³/mol. The number of ketones is 1. The summed E-state index contributed by atoms with van der Waals surface area (Å²) >= 11 is 11.8. The summed E-state index contributed by atoms with van der Waals surface area (Å²) in [6.45, 7) is 3.66. The van der Waals surface area contributed by atoms with E-state index in [2.05, 4.69) is 16.5 Å². The van der Waals surface area contributed by atoms with Gasteiger partial charge < -0.3 is 4.74 Å². The largest absolute Gasteiger partial charge is 0.481 e. The highest BCUT2D eigenvalue weighted by Crippen LogP contribution is 2.24. The van der Waals surface area contributed by atoms with E-state index in [1.54, 1.807) is 0 Å². The van der Waals surface area contributed by atoms with E-state index in [9.17, 15) is 4.79 Å². The van der Waals surface area contributed by atoms with Crippen molar-refractivity contribution in [3.63, 3.8) is 0 Å². The predicted octanol–water partition coefficient (Wildman–Crippen LogP) is 3.67. The van der Waals surface area contributed by atoms with Crippen LogP contribution >= 0.6 is 23.2 Å². The van der Waals surface area contributed by atoms with Crippen LogP contribution in [0, 0.1) is 0 Å². The van der Waals surface area contributed by atoms with E-state index < -0.39 is 0 Å². The molecule has 2 aromatic rings. The monoisotopic (exact) mass is 308 g/mol. The summed E-state index contributed by atoms with van der Waals surface area (Å²) < 4.78 is 5.02. The topological polar surface area (TPSA) is 52.1 Å². The summed E-state index contributed by atoms with van der Waals surface area (Å²) in [5.41, 5.74) is 1.17. The summed E-state index contributed by atoms with van der Waals surface area (Å²) in [6, 6.07) is 3.00. The van der Waals surface area contributed by atoms with Crippen molar-refractivity contribution < 1.29 is 9.53 Å². The first-order valence-electron chi connectivity index (χ1n) is 5.59. The summed E-state index contributed by atoms with van der Waals surface area (Å²) in [6.07, 6.45) is 4.42. The quantitative estimate of drug-likeness (QED) is 0.639. The second kappa shape index (κ2) is 6.03. The molecular weight excluding hydrogens is 299 g/mol. The van der Waals surface area contributed by atoms with Crippen LogP contribution in [-0.2, 0) is 0 Å². The van der Waals surface area contributed by atoms with Crippen LogP contribution in [0.3, 0.4) is 0 Å². The molecule has 2 heterocycles. The zero-order valence-electron chi connectivity index (χ0n) is 10.6. The molecule has 0 fully saturated rings. The Kier molecular flexibility index (Phi) is 4.37. The molecule has 0 aromatic carbocycles. The second-order valence-corrected chi connectivity index (χ2v) is 4.63. The first-order valence-corrected chi connectivity index (χ1v) is 6.34. The summed E-state index contributed by atoms with van der Waals surface area (Å²) in [5.74, 6) is 0.00524. The van der Waals surface area contributed by atoms with E-state index in [4.69, 9.17) is 27.9 Å². The minimum absolute atomic E-state index is 0.0881. The van der Waals surface area contributed by atoms with Crippen LogP contribution in [0.5, 0.6) is 5.88 Å². The van der Waals surface area contributed by atoms with Crippen LogP contribution in [0.1, 0.15) is 21.5 Å². The molecule has 0 N–H and O–H groups in total. The Morgan fingerprint density at radius 2 is 2.00 bits per heavy atom. The van der Waals surface area contributed by atoms with Gasteiger partial charge in [-0.25, -0.2) is 9.97 Å². The molecule has 2 rings (SSSR count). The van der Waals surface area contributed by atoms with Gasteiger partial charge in [0, 0.05) is 29.6 Å². The summed E-state index contributed by atoms with van der Waals surface area (Å²) in [5, 5.41) is 0.420. The van der Waals surface area contributed by atoms with Crippen molar-refractivity contribution in [2.75, 3.05) is 7.11 Å². The Balaban J connectivity index is 2.57. The van der Waals surface area contributed by atoms with Crippen LogP contribution < -0.4 is 4.74 Å². The summed E-state index contributed by atoms with van der Waals surface area (Å²) in [7, 11) is 1.47. The zero-order chi connectivity index (χ0) is 14.7. The first-order chi connectivity index (χ1) is 9.56. The number of hydrogen-bond acceptors (Lipinski definition) is 4. The normalized spacial score (nSPS) is 10.2. The second-order valence-electron chi connectivity index (χ2n) is 3.84. The van der Waals surface area contributed by atoms with Gasteiger partial charge in [-0.1, -0.05) is 35.9 Å². The van der Waals surface area contributed by atoms with Gasteiger partial charge in [0.05, 0.1) is 17.7 Å². The molecule has 20 heavy (non-hydrogen) atoms. The van der Waals surface area contributed by atoms with Crippen molar-refractivity contribution in [1.29, 1.82) is 0 Å². The molecule has 0 saturated carbocycles. The van der Waals surface area contributed by atoms with Crippen LogP contribution in [0.4, 0.5) is 0 Å². The SMILES string of the molecule is C=Cc1cnc(OC)cc1C(=O)c1cc(Cl)cnc1Cl. The standard InChI is InChI=1S/C14H10Cl2N2O2/c1-3-8-6-17-12(20-2)5-10(8)13(19)11-4-9(15)7-18-14(11)16/h3-7H,1H2,2H3. The Morgan fingerprint density at radius 3 is 2.65 bits per heavy atom. The lowest BCUT2D eigenvalue weighted by molar-refractivity contribution is 0.103. The van der Waals surface area contributed by atoms with Crippen LogP contribution in [-0.4, -0.2) is 22.9 Å². The number of hydrogen-bond donors (Lipinski definition) is 0. The molecule has 0 amide bonds. The number of aromatic nitrogens is 2.